The normalized spacial score (nSPS) is 17.1. The van der Waals surface area contributed by atoms with Crippen LogP contribution in [0.2, 0.25) is 5.02 Å². The van der Waals surface area contributed by atoms with E-state index in [2.05, 4.69) is 21.2 Å². The van der Waals surface area contributed by atoms with Crippen molar-refractivity contribution in [2.75, 3.05) is 56.1 Å². The van der Waals surface area contributed by atoms with Gasteiger partial charge in [-0.05, 0) is 48.0 Å². The van der Waals surface area contributed by atoms with Gasteiger partial charge in [0.25, 0.3) is 11.8 Å². The summed E-state index contributed by atoms with van der Waals surface area (Å²) in [6.07, 6.45) is 1.90. The topological polar surface area (TPSA) is 55.9 Å². The first-order chi connectivity index (χ1) is 18.0. The van der Waals surface area contributed by atoms with Crippen molar-refractivity contribution in [2.45, 2.75) is 4.90 Å². The molecule has 2 aliphatic rings. The quantitative estimate of drug-likeness (QED) is 0.453. The molecule has 0 aliphatic carbocycles. The largest absolute Gasteiger partial charge is 0.369 e. The number of likely N-dealkylation sites (N-methyl/N-ethyl adjacent to an activating group) is 1. The number of fused-ring (bicyclic) bond motifs is 1. The Morgan fingerprint density at radius 1 is 1.00 bits per heavy atom. The Balaban J connectivity index is 1.15. The van der Waals surface area contributed by atoms with E-state index in [0.29, 0.717) is 17.0 Å². The lowest BCUT2D eigenvalue weighted by atomic mass is 10.1. The van der Waals surface area contributed by atoms with Gasteiger partial charge in [-0.3, -0.25) is 14.5 Å². The number of carbonyl (C=O) groups is 2. The standard InChI is InChI=1S/C29H29ClN4O2S/c1-32-25-19-22(10-11-26(25)37-27(29(32)36)18-21-6-3-2-4-7-21)28(35)31-12-13-33-14-16-34(17-15-33)24-9-5-8-23(30)20-24/h2-11,18-20H,12-17H2,1H3,(H,31,35)/b27-18+. The van der Waals surface area contributed by atoms with Crippen LogP contribution in [0.3, 0.4) is 0 Å². The van der Waals surface area contributed by atoms with E-state index in [4.69, 9.17) is 11.6 Å². The Morgan fingerprint density at radius 3 is 2.54 bits per heavy atom. The minimum Gasteiger partial charge on any atom is -0.369 e. The van der Waals surface area contributed by atoms with Crippen LogP contribution in [0.1, 0.15) is 15.9 Å². The van der Waals surface area contributed by atoms with Gasteiger partial charge >= 0.3 is 0 Å². The minimum absolute atomic E-state index is 0.0733. The van der Waals surface area contributed by atoms with Crippen LogP contribution in [0.15, 0.2) is 82.6 Å². The van der Waals surface area contributed by atoms with Crippen LogP contribution >= 0.6 is 23.4 Å². The predicted molar refractivity (Wildman–Crippen MR) is 153 cm³/mol. The minimum atomic E-state index is -0.128. The highest BCUT2D eigenvalue weighted by Crippen LogP contribution is 2.42. The molecule has 0 radical (unpaired) electrons. The number of hydrogen-bond donors (Lipinski definition) is 1. The fourth-order valence-corrected chi connectivity index (χ4v) is 5.84. The van der Waals surface area contributed by atoms with E-state index < -0.39 is 0 Å². The van der Waals surface area contributed by atoms with Gasteiger partial charge < -0.3 is 15.1 Å². The Bertz CT molecular complexity index is 1320. The van der Waals surface area contributed by atoms with E-state index in [1.807, 2.05) is 66.7 Å². The zero-order valence-corrected chi connectivity index (χ0v) is 22.3. The fourth-order valence-electron chi connectivity index (χ4n) is 4.57. The fraction of sp³-hybridized carbons (Fsp3) is 0.241. The smallest absolute Gasteiger partial charge is 0.264 e. The lowest BCUT2D eigenvalue weighted by Gasteiger charge is -2.36. The summed E-state index contributed by atoms with van der Waals surface area (Å²) in [4.78, 5) is 33.8. The number of thioether (sulfide) groups is 1. The number of carbonyl (C=O) groups excluding carboxylic acids is 2. The molecular formula is C29H29ClN4O2S. The van der Waals surface area contributed by atoms with Gasteiger partial charge in [0, 0.05) is 67.5 Å². The molecule has 0 spiro atoms. The molecule has 0 unspecified atom stereocenters. The molecule has 8 heteroatoms. The Labute approximate surface area is 226 Å². The average Bonchev–Trinajstić information content (AvgIpc) is 2.92. The third-order valence-corrected chi connectivity index (χ3v) is 7.99. The first kappa shape index (κ1) is 25.4. The zero-order valence-electron chi connectivity index (χ0n) is 20.7. The van der Waals surface area contributed by atoms with Crippen molar-refractivity contribution in [3.63, 3.8) is 0 Å². The van der Waals surface area contributed by atoms with Crippen molar-refractivity contribution in [1.82, 2.24) is 10.2 Å². The SMILES string of the molecule is CN1C(=O)/C(=C\c2ccccc2)Sc2ccc(C(=O)NCCN3CCN(c4cccc(Cl)c4)CC3)cc21. The number of nitrogens with zero attached hydrogens (tertiary/aromatic N) is 3. The lowest BCUT2D eigenvalue weighted by molar-refractivity contribution is -0.114. The molecule has 5 rings (SSSR count). The van der Waals surface area contributed by atoms with E-state index in [1.54, 1.807) is 18.0 Å². The number of amides is 2. The molecule has 0 aromatic heterocycles. The third-order valence-electron chi connectivity index (χ3n) is 6.67. The number of benzene rings is 3. The summed E-state index contributed by atoms with van der Waals surface area (Å²) in [5.41, 5.74) is 3.44. The van der Waals surface area contributed by atoms with Crippen LogP contribution in [-0.2, 0) is 4.79 Å². The molecule has 0 saturated carbocycles. The van der Waals surface area contributed by atoms with Gasteiger partial charge in [-0.2, -0.15) is 0 Å². The number of anilines is 2. The van der Waals surface area contributed by atoms with Crippen LogP contribution in [0.5, 0.6) is 0 Å². The molecule has 37 heavy (non-hydrogen) atoms. The van der Waals surface area contributed by atoms with E-state index in [1.165, 1.54) is 11.8 Å². The summed E-state index contributed by atoms with van der Waals surface area (Å²) >= 11 is 7.57. The average molecular weight is 533 g/mol. The second kappa shape index (κ2) is 11.4. The van der Waals surface area contributed by atoms with Crippen molar-refractivity contribution in [3.8, 4) is 0 Å². The molecule has 0 atom stereocenters. The van der Waals surface area contributed by atoms with Crippen molar-refractivity contribution < 1.29 is 9.59 Å². The second-order valence-electron chi connectivity index (χ2n) is 9.13. The highest BCUT2D eigenvalue weighted by atomic mass is 35.5. The molecule has 1 saturated heterocycles. The van der Waals surface area contributed by atoms with Crippen LogP contribution < -0.4 is 15.1 Å². The van der Waals surface area contributed by atoms with Gasteiger partial charge in [-0.1, -0.05) is 59.8 Å². The molecule has 1 fully saturated rings. The van der Waals surface area contributed by atoms with Gasteiger partial charge in [0.15, 0.2) is 0 Å². The van der Waals surface area contributed by atoms with Crippen LogP contribution in [0.4, 0.5) is 11.4 Å². The summed E-state index contributed by atoms with van der Waals surface area (Å²) in [7, 11) is 1.75. The summed E-state index contributed by atoms with van der Waals surface area (Å²) in [6.45, 7) is 5.09. The van der Waals surface area contributed by atoms with Gasteiger partial charge in [0.2, 0.25) is 0 Å². The van der Waals surface area contributed by atoms with E-state index >= 15 is 0 Å². The van der Waals surface area contributed by atoms with Crippen molar-refractivity contribution in [3.05, 3.63) is 93.9 Å². The van der Waals surface area contributed by atoms with Crippen LogP contribution in [0.25, 0.3) is 6.08 Å². The Hall–Kier alpha value is -3.26. The number of halogens is 1. The van der Waals surface area contributed by atoms with Crippen LogP contribution in [-0.4, -0.2) is 63.0 Å². The molecule has 0 bridgehead atoms. The number of rotatable bonds is 6. The van der Waals surface area contributed by atoms with Crippen molar-refractivity contribution >= 4 is 52.6 Å². The van der Waals surface area contributed by atoms with E-state index in [0.717, 1.165) is 59.6 Å². The monoisotopic (exact) mass is 532 g/mol. The zero-order chi connectivity index (χ0) is 25.8. The summed E-state index contributed by atoms with van der Waals surface area (Å²) in [6, 6.07) is 23.3. The highest BCUT2D eigenvalue weighted by molar-refractivity contribution is 8.04. The highest BCUT2D eigenvalue weighted by Gasteiger charge is 2.27. The van der Waals surface area contributed by atoms with Gasteiger partial charge in [0.1, 0.15) is 0 Å². The number of piperazine rings is 1. The lowest BCUT2D eigenvalue weighted by Crippen LogP contribution is -2.48. The molecule has 6 nitrogen and oxygen atoms in total. The molecule has 2 aliphatic heterocycles. The molecular weight excluding hydrogens is 504 g/mol. The number of nitrogens with one attached hydrogen (secondary N) is 1. The molecule has 2 amide bonds. The van der Waals surface area contributed by atoms with Crippen molar-refractivity contribution in [2.24, 2.45) is 0 Å². The maximum Gasteiger partial charge on any atom is 0.264 e. The molecule has 190 valence electrons. The first-order valence-corrected chi connectivity index (χ1v) is 13.6. The molecule has 3 aromatic carbocycles. The van der Waals surface area contributed by atoms with Gasteiger partial charge in [-0.15, -0.1) is 0 Å². The maximum absolute atomic E-state index is 13.0. The van der Waals surface area contributed by atoms with Gasteiger partial charge in [-0.25, -0.2) is 0 Å². The van der Waals surface area contributed by atoms with Crippen molar-refractivity contribution in [1.29, 1.82) is 0 Å². The summed E-state index contributed by atoms with van der Waals surface area (Å²) in [5, 5.41) is 3.79. The predicted octanol–water partition coefficient (Wildman–Crippen LogP) is 5.00. The van der Waals surface area contributed by atoms with E-state index in [9.17, 15) is 9.59 Å². The maximum atomic E-state index is 13.0. The number of hydrogen-bond acceptors (Lipinski definition) is 5. The van der Waals surface area contributed by atoms with E-state index in [-0.39, 0.29) is 11.8 Å². The molecule has 3 aromatic rings. The molecule has 2 heterocycles. The second-order valence-corrected chi connectivity index (χ2v) is 10.7. The summed E-state index contributed by atoms with van der Waals surface area (Å²) in [5.74, 6) is -0.201. The van der Waals surface area contributed by atoms with Gasteiger partial charge in [0.05, 0.1) is 10.6 Å². The van der Waals surface area contributed by atoms with Crippen LogP contribution in [0, 0.1) is 0 Å². The Morgan fingerprint density at radius 2 is 1.78 bits per heavy atom. The molecule has 1 N–H and O–H groups in total. The first-order valence-electron chi connectivity index (χ1n) is 12.4. The Kier molecular flexibility index (Phi) is 7.84. The summed E-state index contributed by atoms with van der Waals surface area (Å²) < 4.78 is 0. The third kappa shape index (κ3) is 6.01.